The van der Waals surface area contributed by atoms with Crippen LogP contribution >= 0.6 is 0 Å². The molecule has 0 radical (unpaired) electrons. The van der Waals surface area contributed by atoms with Crippen LogP contribution in [0.15, 0.2) is 24.0 Å². The third-order valence-electron chi connectivity index (χ3n) is 3.10. The van der Waals surface area contributed by atoms with Crippen molar-refractivity contribution in [2.45, 2.75) is 30.5 Å². The van der Waals surface area contributed by atoms with Crippen molar-refractivity contribution < 1.29 is 14.2 Å². The molecule has 4 fully saturated rings. The number of rotatable bonds is 0. The quantitative estimate of drug-likeness (QED) is 0.536. The van der Waals surface area contributed by atoms with E-state index in [1.807, 2.05) is 12.2 Å². The summed E-state index contributed by atoms with van der Waals surface area (Å²) in [7, 11) is 0. The molecule has 0 amide bonds. The van der Waals surface area contributed by atoms with Crippen molar-refractivity contribution in [1.82, 2.24) is 0 Å². The normalized spacial score (nSPS) is 57.3. The van der Waals surface area contributed by atoms with E-state index in [2.05, 4.69) is 6.08 Å². The van der Waals surface area contributed by atoms with E-state index in [1.165, 1.54) is 0 Å². The minimum absolute atomic E-state index is 0.238. The summed E-state index contributed by atoms with van der Waals surface area (Å²) in [6.45, 7) is 0. The second-order valence-electron chi connectivity index (χ2n) is 3.75. The van der Waals surface area contributed by atoms with Crippen molar-refractivity contribution in [3.8, 4) is 0 Å². The van der Waals surface area contributed by atoms with Gasteiger partial charge >= 0.3 is 5.97 Å². The molecule has 3 heteroatoms. The highest BCUT2D eigenvalue weighted by atomic mass is 17.0. The fourth-order valence-electron chi connectivity index (χ4n) is 2.50. The SMILES string of the molecule is C1=CCC23OC4(CC2O4)OC3=C1. The van der Waals surface area contributed by atoms with Crippen LogP contribution in [0, 0.1) is 0 Å². The lowest BCUT2D eigenvalue weighted by atomic mass is 9.84. The number of allylic oxidation sites excluding steroid dienone is 2. The monoisotopic (exact) mass is 164 g/mol. The first kappa shape index (κ1) is 5.78. The van der Waals surface area contributed by atoms with Crippen molar-refractivity contribution in [3.05, 3.63) is 24.0 Å². The maximum atomic E-state index is 5.76. The van der Waals surface area contributed by atoms with E-state index < -0.39 is 5.97 Å². The Morgan fingerprint density at radius 1 is 1.50 bits per heavy atom. The van der Waals surface area contributed by atoms with Crippen molar-refractivity contribution in [2.24, 2.45) is 0 Å². The van der Waals surface area contributed by atoms with Crippen molar-refractivity contribution in [2.75, 3.05) is 0 Å². The van der Waals surface area contributed by atoms with Crippen LogP contribution in [0.25, 0.3) is 0 Å². The van der Waals surface area contributed by atoms with Crippen molar-refractivity contribution >= 4 is 0 Å². The van der Waals surface area contributed by atoms with E-state index in [-0.39, 0.29) is 11.7 Å². The third kappa shape index (κ3) is 0.383. The van der Waals surface area contributed by atoms with Crippen LogP contribution in [0.1, 0.15) is 12.8 Å². The Kier molecular flexibility index (Phi) is 0.655. The largest absolute Gasteiger partial charge is 0.440 e. The summed E-state index contributed by atoms with van der Waals surface area (Å²) >= 11 is 0. The van der Waals surface area contributed by atoms with Gasteiger partial charge in [-0.05, 0) is 6.08 Å². The topological polar surface area (TPSA) is 27.7 Å². The molecule has 12 heavy (non-hydrogen) atoms. The zero-order valence-electron chi connectivity index (χ0n) is 6.45. The van der Waals surface area contributed by atoms with E-state index in [0.717, 1.165) is 18.6 Å². The van der Waals surface area contributed by atoms with Crippen LogP contribution in [0.5, 0.6) is 0 Å². The highest BCUT2D eigenvalue weighted by molar-refractivity contribution is 5.34. The van der Waals surface area contributed by atoms with Crippen LogP contribution in [-0.4, -0.2) is 17.7 Å². The Balaban J connectivity index is 1.95. The molecule has 5 rings (SSSR count). The van der Waals surface area contributed by atoms with Crippen molar-refractivity contribution in [1.29, 1.82) is 0 Å². The second kappa shape index (κ2) is 1.36. The van der Waals surface area contributed by atoms with E-state index in [4.69, 9.17) is 14.2 Å². The summed E-state index contributed by atoms with van der Waals surface area (Å²) in [5.74, 6) is 0.287. The van der Waals surface area contributed by atoms with E-state index >= 15 is 0 Å². The number of hydrogen-bond acceptors (Lipinski definition) is 3. The van der Waals surface area contributed by atoms with E-state index in [9.17, 15) is 0 Å². The molecule has 5 aliphatic rings. The fraction of sp³-hybridized carbons (Fsp3) is 0.556. The molecule has 3 bridgehead atoms. The molecule has 2 spiro atoms. The zero-order valence-corrected chi connectivity index (χ0v) is 6.45. The van der Waals surface area contributed by atoms with Gasteiger partial charge in [-0.2, -0.15) is 0 Å². The molecular formula is C9H8O3. The van der Waals surface area contributed by atoms with Gasteiger partial charge in [0.1, 0.15) is 11.9 Å². The minimum Gasteiger partial charge on any atom is -0.440 e. The molecule has 0 N–H and O–H groups in total. The molecule has 0 saturated carbocycles. The molecule has 3 nitrogen and oxygen atoms in total. The smallest absolute Gasteiger partial charge is 0.330 e. The predicted octanol–water partition coefficient (Wildman–Crippen LogP) is 1.07. The Labute approximate surface area is 69.6 Å². The van der Waals surface area contributed by atoms with Gasteiger partial charge in [0.25, 0.3) is 0 Å². The van der Waals surface area contributed by atoms with Crippen LogP contribution in [0.3, 0.4) is 0 Å². The lowest BCUT2D eigenvalue weighted by molar-refractivity contribution is -0.364. The Morgan fingerprint density at radius 2 is 2.42 bits per heavy atom. The molecule has 3 atom stereocenters. The standard InChI is InChI=1S/C9H8O3/c1-2-4-8-6(3-1)10-9(12-8)5-7(8)11-9/h1-3,7H,4-5H2. The van der Waals surface area contributed by atoms with Gasteiger partial charge in [-0.3, -0.25) is 4.74 Å². The summed E-state index contributed by atoms with van der Waals surface area (Å²) in [5, 5.41) is 0. The lowest BCUT2D eigenvalue weighted by Gasteiger charge is -2.42. The number of hydrogen-bond donors (Lipinski definition) is 0. The predicted molar refractivity (Wildman–Crippen MR) is 39.0 cm³/mol. The van der Waals surface area contributed by atoms with Gasteiger partial charge in [-0.15, -0.1) is 0 Å². The third-order valence-corrected chi connectivity index (χ3v) is 3.10. The summed E-state index contributed by atoms with van der Waals surface area (Å²) in [4.78, 5) is 0. The first-order chi connectivity index (χ1) is 5.83. The van der Waals surface area contributed by atoms with Gasteiger partial charge < -0.3 is 9.47 Å². The van der Waals surface area contributed by atoms with Gasteiger partial charge in [0.15, 0.2) is 5.60 Å². The van der Waals surface area contributed by atoms with Crippen LogP contribution in [-0.2, 0) is 14.2 Å². The maximum Gasteiger partial charge on any atom is 0.330 e. The average molecular weight is 164 g/mol. The van der Waals surface area contributed by atoms with E-state index in [0.29, 0.717) is 0 Å². The zero-order chi connectivity index (χ0) is 7.81. The first-order valence-electron chi connectivity index (χ1n) is 4.27. The molecule has 1 aliphatic carbocycles. The van der Waals surface area contributed by atoms with Gasteiger partial charge in [-0.25, -0.2) is 0 Å². The molecule has 3 unspecified atom stereocenters. The fourth-order valence-corrected chi connectivity index (χ4v) is 2.50. The average Bonchev–Trinajstić information content (AvgIpc) is 2.58. The summed E-state index contributed by atoms with van der Waals surface area (Å²) < 4.78 is 16.8. The Bertz CT molecular complexity index is 325. The Hall–Kier alpha value is -0.800. The summed E-state index contributed by atoms with van der Waals surface area (Å²) in [6.07, 6.45) is 8.14. The highest BCUT2D eigenvalue weighted by Crippen LogP contribution is 2.64. The highest BCUT2D eigenvalue weighted by Gasteiger charge is 2.77. The lowest BCUT2D eigenvalue weighted by Crippen LogP contribution is -2.53. The van der Waals surface area contributed by atoms with Crippen LogP contribution in [0.2, 0.25) is 0 Å². The second-order valence-corrected chi connectivity index (χ2v) is 3.75. The summed E-state index contributed by atoms with van der Waals surface area (Å²) in [5.41, 5.74) is -0.241. The molecule has 4 saturated heterocycles. The molecule has 0 aromatic carbocycles. The number of ether oxygens (including phenoxy) is 3. The summed E-state index contributed by atoms with van der Waals surface area (Å²) in [6, 6.07) is 0. The van der Waals surface area contributed by atoms with Crippen molar-refractivity contribution in [3.63, 3.8) is 0 Å². The molecule has 0 aromatic rings. The molecule has 4 aliphatic heterocycles. The Morgan fingerprint density at radius 3 is 3.17 bits per heavy atom. The van der Waals surface area contributed by atoms with Gasteiger partial charge in [0.05, 0.1) is 6.42 Å². The minimum atomic E-state index is -0.678. The van der Waals surface area contributed by atoms with Gasteiger partial charge in [0, 0.05) is 6.42 Å². The van der Waals surface area contributed by atoms with Gasteiger partial charge in [0.2, 0.25) is 0 Å². The molecule has 62 valence electrons. The molecule has 0 aromatic heterocycles. The van der Waals surface area contributed by atoms with Crippen LogP contribution < -0.4 is 0 Å². The molecular weight excluding hydrogens is 156 g/mol. The maximum absolute atomic E-state index is 5.76. The van der Waals surface area contributed by atoms with Crippen LogP contribution in [0.4, 0.5) is 0 Å². The van der Waals surface area contributed by atoms with Gasteiger partial charge in [-0.1, -0.05) is 12.2 Å². The molecule has 4 heterocycles. The first-order valence-corrected chi connectivity index (χ1v) is 4.27. The van der Waals surface area contributed by atoms with E-state index in [1.54, 1.807) is 0 Å².